The van der Waals surface area contributed by atoms with Crippen LogP contribution in [-0.4, -0.2) is 56.2 Å². The molecule has 1 saturated heterocycles. The minimum atomic E-state index is 0.0352. The van der Waals surface area contributed by atoms with Crippen molar-refractivity contribution < 1.29 is 14.3 Å². The van der Waals surface area contributed by atoms with Crippen LogP contribution in [0.5, 0.6) is 11.5 Å². The first-order valence-corrected chi connectivity index (χ1v) is 11.4. The summed E-state index contributed by atoms with van der Waals surface area (Å²) in [6.45, 7) is 2.79. The number of methoxy groups -OCH3 is 2. The van der Waals surface area contributed by atoms with E-state index in [0.717, 1.165) is 52.4 Å². The summed E-state index contributed by atoms with van der Waals surface area (Å²) in [4.78, 5) is 22.7. The molecule has 5 rings (SSSR count). The topological polar surface area (TPSA) is 54.9 Å². The molecule has 4 aromatic rings. The van der Waals surface area contributed by atoms with E-state index in [1.165, 1.54) is 0 Å². The maximum atomic E-state index is 13.7. The summed E-state index contributed by atoms with van der Waals surface area (Å²) in [6.07, 6.45) is 0. The van der Waals surface area contributed by atoms with Gasteiger partial charge >= 0.3 is 0 Å². The van der Waals surface area contributed by atoms with E-state index in [9.17, 15) is 4.79 Å². The van der Waals surface area contributed by atoms with E-state index in [4.69, 9.17) is 14.5 Å². The van der Waals surface area contributed by atoms with Crippen molar-refractivity contribution in [1.29, 1.82) is 0 Å². The Morgan fingerprint density at radius 1 is 0.824 bits per heavy atom. The molecule has 0 aliphatic carbocycles. The Bertz CT molecular complexity index is 1310. The molecule has 1 aliphatic rings. The molecule has 0 saturated carbocycles. The van der Waals surface area contributed by atoms with Crippen LogP contribution in [0.15, 0.2) is 78.9 Å². The number of pyridine rings is 1. The number of piperazine rings is 1. The number of para-hydroxylation sites is 3. The van der Waals surface area contributed by atoms with Gasteiger partial charge in [0.25, 0.3) is 5.91 Å². The monoisotopic (exact) mass is 453 g/mol. The van der Waals surface area contributed by atoms with E-state index in [-0.39, 0.29) is 5.91 Å². The highest BCUT2D eigenvalue weighted by Crippen LogP contribution is 2.30. The molecular weight excluding hydrogens is 426 g/mol. The fourth-order valence-electron chi connectivity index (χ4n) is 4.47. The molecule has 0 N–H and O–H groups in total. The van der Waals surface area contributed by atoms with Gasteiger partial charge in [-0.05, 0) is 48.5 Å². The standard InChI is InChI=1S/C28H27N3O3/c1-33-21-13-11-20(12-14-21)25-19-23(22-7-3-4-8-24(22)29-25)28(32)31-17-15-30(16-18-31)26-9-5-6-10-27(26)34-2/h3-14,19H,15-18H2,1-2H3. The van der Waals surface area contributed by atoms with Crippen molar-refractivity contribution in [3.8, 4) is 22.8 Å². The van der Waals surface area contributed by atoms with E-state index in [2.05, 4.69) is 11.0 Å². The fourth-order valence-corrected chi connectivity index (χ4v) is 4.47. The summed E-state index contributed by atoms with van der Waals surface area (Å²) in [6, 6.07) is 25.5. The predicted octanol–water partition coefficient (Wildman–Crippen LogP) is 4.88. The van der Waals surface area contributed by atoms with Crippen molar-refractivity contribution in [3.63, 3.8) is 0 Å². The zero-order valence-electron chi connectivity index (χ0n) is 19.4. The molecule has 0 spiro atoms. The number of hydrogen-bond donors (Lipinski definition) is 0. The summed E-state index contributed by atoms with van der Waals surface area (Å²) in [5.74, 6) is 1.67. The lowest BCUT2D eigenvalue weighted by Gasteiger charge is -2.36. The van der Waals surface area contributed by atoms with Crippen LogP contribution in [0.2, 0.25) is 0 Å². The lowest BCUT2D eigenvalue weighted by molar-refractivity contribution is 0.0748. The Hall–Kier alpha value is -4.06. The maximum Gasteiger partial charge on any atom is 0.254 e. The van der Waals surface area contributed by atoms with Gasteiger partial charge in [-0.15, -0.1) is 0 Å². The summed E-state index contributed by atoms with van der Waals surface area (Å²) < 4.78 is 10.8. The second kappa shape index (κ2) is 9.43. The molecule has 1 fully saturated rings. The normalized spacial score (nSPS) is 13.7. The Labute approximate surface area is 199 Å². The lowest BCUT2D eigenvalue weighted by Crippen LogP contribution is -2.49. The molecule has 1 aromatic heterocycles. The molecule has 2 heterocycles. The quantitative estimate of drug-likeness (QED) is 0.431. The Morgan fingerprint density at radius 3 is 2.26 bits per heavy atom. The van der Waals surface area contributed by atoms with Gasteiger partial charge < -0.3 is 19.3 Å². The molecular formula is C28H27N3O3. The second-order valence-electron chi connectivity index (χ2n) is 8.25. The van der Waals surface area contributed by atoms with Crippen molar-refractivity contribution in [2.24, 2.45) is 0 Å². The fraction of sp³-hybridized carbons (Fsp3) is 0.214. The predicted molar refractivity (Wildman–Crippen MR) is 135 cm³/mol. The van der Waals surface area contributed by atoms with Gasteiger partial charge in [0.15, 0.2) is 0 Å². The number of fused-ring (bicyclic) bond motifs is 1. The van der Waals surface area contributed by atoms with Gasteiger partial charge in [0.1, 0.15) is 11.5 Å². The number of anilines is 1. The van der Waals surface area contributed by atoms with Gasteiger partial charge in [0, 0.05) is 37.1 Å². The average Bonchev–Trinajstić information content (AvgIpc) is 2.92. The SMILES string of the molecule is COc1ccc(-c2cc(C(=O)N3CCN(c4ccccc4OC)CC3)c3ccccc3n2)cc1. The van der Waals surface area contributed by atoms with Crippen LogP contribution >= 0.6 is 0 Å². The van der Waals surface area contributed by atoms with Crippen LogP contribution in [0.3, 0.4) is 0 Å². The minimum Gasteiger partial charge on any atom is -0.497 e. The van der Waals surface area contributed by atoms with Crippen molar-refractivity contribution >= 4 is 22.5 Å². The molecule has 6 heteroatoms. The largest absolute Gasteiger partial charge is 0.497 e. The summed E-state index contributed by atoms with van der Waals surface area (Å²) in [7, 11) is 3.33. The molecule has 0 atom stereocenters. The van der Waals surface area contributed by atoms with Crippen LogP contribution in [0, 0.1) is 0 Å². The molecule has 3 aromatic carbocycles. The molecule has 1 aliphatic heterocycles. The third-order valence-electron chi connectivity index (χ3n) is 6.33. The van der Waals surface area contributed by atoms with E-state index in [0.29, 0.717) is 18.7 Å². The molecule has 0 bridgehead atoms. The van der Waals surface area contributed by atoms with Gasteiger partial charge in [0.05, 0.1) is 36.7 Å². The first kappa shape index (κ1) is 21.8. The third kappa shape index (κ3) is 4.15. The van der Waals surface area contributed by atoms with Crippen molar-refractivity contribution in [3.05, 3.63) is 84.4 Å². The molecule has 172 valence electrons. The number of nitrogens with zero attached hydrogens (tertiary/aromatic N) is 3. The van der Waals surface area contributed by atoms with Crippen LogP contribution in [0.4, 0.5) is 5.69 Å². The zero-order valence-corrected chi connectivity index (χ0v) is 19.4. The maximum absolute atomic E-state index is 13.7. The molecule has 0 radical (unpaired) electrons. The lowest BCUT2D eigenvalue weighted by atomic mass is 10.0. The van der Waals surface area contributed by atoms with Crippen molar-refractivity contribution in [2.75, 3.05) is 45.3 Å². The number of carbonyl (C=O) groups excluding carboxylic acids is 1. The zero-order chi connectivity index (χ0) is 23.5. The number of rotatable bonds is 5. The van der Waals surface area contributed by atoms with E-state index >= 15 is 0 Å². The van der Waals surface area contributed by atoms with Gasteiger partial charge in [0.2, 0.25) is 0 Å². The number of ether oxygens (including phenoxy) is 2. The highest BCUT2D eigenvalue weighted by Gasteiger charge is 2.25. The number of hydrogen-bond acceptors (Lipinski definition) is 5. The first-order valence-electron chi connectivity index (χ1n) is 11.4. The number of carbonyl (C=O) groups is 1. The van der Waals surface area contributed by atoms with Gasteiger partial charge in [-0.3, -0.25) is 4.79 Å². The Balaban J connectivity index is 1.43. The number of amides is 1. The first-order chi connectivity index (χ1) is 16.7. The molecule has 1 amide bonds. The molecule has 6 nitrogen and oxygen atoms in total. The minimum absolute atomic E-state index is 0.0352. The third-order valence-corrected chi connectivity index (χ3v) is 6.33. The van der Waals surface area contributed by atoms with Gasteiger partial charge in [-0.1, -0.05) is 30.3 Å². The Kier molecular flexibility index (Phi) is 6.04. The van der Waals surface area contributed by atoms with E-state index < -0.39 is 0 Å². The van der Waals surface area contributed by atoms with Gasteiger partial charge in [-0.2, -0.15) is 0 Å². The van der Waals surface area contributed by atoms with Crippen LogP contribution in [-0.2, 0) is 0 Å². The smallest absolute Gasteiger partial charge is 0.254 e. The summed E-state index contributed by atoms with van der Waals surface area (Å²) in [5, 5.41) is 0.872. The molecule has 0 unspecified atom stereocenters. The van der Waals surface area contributed by atoms with Crippen LogP contribution in [0.25, 0.3) is 22.2 Å². The second-order valence-corrected chi connectivity index (χ2v) is 8.25. The highest BCUT2D eigenvalue weighted by molar-refractivity contribution is 6.07. The van der Waals surface area contributed by atoms with Crippen LogP contribution in [0.1, 0.15) is 10.4 Å². The summed E-state index contributed by atoms with van der Waals surface area (Å²) >= 11 is 0. The highest BCUT2D eigenvalue weighted by atomic mass is 16.5. The Morgan fingerprint density at radius 2 is 1.53 bits per heavy atom. The number of aromatic nitrogens is 1. The molecule has 34 heavy (non-hydrogen) atoms. The number of benzene rings is 3. The van der Waals surface area contributed by atoms with Crippen molar-refractivity contribution in [2.45, 2.75) is 0 Å². The van der Waals surface area contributed by atoms with E-state index in [1.807, 2.05) is 77.7 Å². The van der Waals surface area contributed by atoms with E-state index in [1.54, 1.807) is 14.2 Å². The average molecular weight is 454 g/mol. The van der Waals surface area contributed by atoms with Crippen LogP contribution < -0.4 is 14.4 Å². The van der Waals surface area contributed by atoms with Crippen molar-refractivity contribution in [1.82, 2.24) is 9.88 Å². The summed E-state index contributed by atoms with van der Waals surface area (Å²) in [5.41, 5.74) is 4.28. The van der Waals surface area contributed by atoms with Gasteiger partial charge in [-0.25, -0.2) is 4.98 Å².